The highest BCUT2D eigenvalue weighted by Gasteiger charge is 2.67. The fourth-order valence-corrected chi connectivity index (χ4v) is 9.37. The van der Waals surface area contributed by atoms with Crippen LogP contribution in [0.4, 0.5) is 0 Å². The molecule has 7 atom stereocenters. The van der Waals surface area contributed by atoms with Crippen molar-refractivity contribution in [1.82, 2.24) is 4.90 Å². The van der Waals surface area contributed by atoms with Gasteiger partial charge in [-0.3, -0.25) is 14.4 Å². The first kappa shape index (κ1) is 27.6. The fraction of sp³-hybridized carbons (Fsp3) is 0.781. The second-order valence-corrected chi connectivity index (χ2v) is 13.3. The van der Waals surface area contributed by atoms with E-state index in [1.54, 1.807) is 6.92 Å². The van der Waals surface area contributed by atoms with Crippen LogP contribution in [0.5, 0.6) is 0 Å². The zero-order valence-corrected chi connectivity index (χ0v) is 24.1. The van der Waals surface area contributed by atoms with Gasteiger partial charge in [0, 0.05) is 18.9 Å². The molecule has 1 heterocycles. The van der Waals surface area contributed by atoms with E-state index in [2.05, 4.69) is 37.8 Å². The molecule has 0 aromatic heterocycles. The Bertz CT molecular complexity index is 1040. The van der Waals surface area contributed by atoms with Gasteiger partial charge in [-0.2, -0.15) is 0 Å². The normalized spacial score (nSPS) is 40.7. The van der Waals surface area contributed by atoms with Gasteiger partial charge in [0.2, 0.25) is 0 Å². The topological polar surface area (TPSA) is 72.9 Å². The van der Waals surface area contributed by atoms with Crippen LogP contribution in [0.15, 0.2) is 23.3 Å². The van der Waals surface area contributed by atoms with Crippen molar-refractivity contribution in [2.45, 2.75) is 111 Å². The van der Waals surface area contributed by atoms with Crippen LogP contribution >= 0.6 is 0 Å². The number of nitrogens with zero attached hydrogens (tertiary/aromatic N) is 1. The molecule has 38 heavy (non-hydrogen) atoms. The smallest absolute Gasteiger partial charge is 0.307 e. The number of ketones is 1. The van der Waals surface area contributed by atoms with Gasteiger partial charge in [0.1, 0.15) is 6.10 Å². The fourth-order valence-electron chi connectivity index (χ4n) is 9.37. The zero-order chi connectivity index (χ0) is 27.3. The molecule has 0 bridgehead atoms. The molecule has 6 nitrogen and oxygen atoms in total. The Morgan fingerprint density at radius 1 is 0.947 bits per heavy atom. The molecule has 0 amide bonds. The van der Waals surface area contributed by atoms with Gasteiger partial charge in [0.05, 0.1) is 6.42 Å². The monoisotopic (exact) mass is 525 g/mol. The number of carbonyl (C=O) groups excluding carboxylic acids is 3. The Balaban J connectivity index is 1.34. The molecule has 2 saturated carbocycles. The van der Waals surface area contributed by atoms with Gasteiger partial charge in [-0.05, 0) is 113 Å². The minimum absolute atomic E-state index is 0.0120. The molecule has 0 radical (unpaired) electrons. The van der Waals surface area contributed by atoms with Crippen LogP contribution in [0.25, 0.3) is 0 Å². The highest BCUT2D eigenvalue weighted by atomic mass is 16.6. The quantitative estimate of drug-likeness (QED) is 0.409. The molecule has 4 aliphatic carbocycles. The average Bonchev–Trinajstić information content (AvgIpc) is 3.17. The van der Waals surface area contributed by atoms with E-state index in [0.29, 0.717) is 30.6 Å². The molecule has 3 fully saturated rings. The summed E-state index contributed by atoms with van der Waals surface area (Å²) in [5.74, 6) is 0.690. The first-order valence-electron chi connectivity index (χ1n) is 15.0. The van der Waals surface area contributed by atoms with E-state index in [0.717, 1.165) is 51.7 Å². The lowest BCUT2D eigenvalue weighted by molar-refractivity contribution is -0.185. The van der Waals surface area contributed by atoms with Gasteiger partial charge in [-0.25, -0.2) is 0 Å². The zero-order valence-electron chi connectivity index (χ0n) is 24.1. The second-order valence-electron chi connectivity index (χ2n) is 13.3. The summed E-state index contributed by atoms with van der Waals surface area (Å²) in [6.07, 6.45) is 14.0. The number of hydrogen-bond acceptors (Lipinski definition) is 6. The van der Waals surface area contributed by atoms with E-state index >= 15 is 0 Å². The molecule has 4 unspecified atom stereocenters. The van der Waals surface area contributed by atoms with Crippen LogP contribution in [-0.2, 0) is 23.9 Å². The van der Waals surface area contributed by atoms with E-state index in [1.807, 2.05) is 0 Å². The van der Waals surface area contributed by atoms with Crippen LogP contribution in [0, 0.1) is 28.6 Å². The number of esters is 2. The van der Waals surface area contributed by atoms with Crippen LogP contribution < -0.4 is 0 Å². The molecule has 1 aliphatic heterocycles. The number of fused-ring (bicyclic) bond motifs is 5. The molecule has 0 aromatic rings. The lowest BCUT2D eigenvalue weighted by atomic mass is 9.47. The Morgan fingerprint density at radius 2 is 1.66 bits per heavy atom. The van der Waals surface area contributed by atoms with Crippen LogP contribution in [0.1, 0.15) is 98.8 Å². The Kier molecular flexibility index (Phi) is 7.43. The molecule has 0 spiro atoms. The summed E-state index contributed by atoms with van der Waals surface area (Å²) in [5, 5.41) is 0. The summed E-state index contributed by atoms with van der Waals surface area (Å²) in [7, 11) is 0. The lowest BCUT2D eigenvalue weighted by Crippen LogP contribution is -2.58. The van der Waals surface area contributed by atoms with Crippen molar-refractivity contribution in [3.05, 3.63) is 23.3 Å². The molecule has 5 aliphatic rings. The van der Waals surface area contributed by atoms with E-state index in [9.17, 15) is 14.4 Å². The Morgan fingerprint density at radius 3 is 2.34 bits per heavy atom. The third kappa shape index (κ3) is 4.49. The van der Waals surface area contributed by atoms with Gasteiger partial charge in [-0.15, -0.1) is 0 Å². The lowest BCUT2D eigenvalue weighted by Gasteiger charge is -2.58. The van der Waals surface area contributed by atoms with Crippen molar-refractivity contribution < 1.29 is 23.9 Å². The van der Waals surface area contributed by atoms with E-state index in [1.165, 1.54) is 37.3 Å². The van der Waals surface area contributed by atoms with E-state index < -0.39 is 5.60 Å². The van der Waals surface area contributed by atoms with Crippen molar-refractivity contribution >= 4 is 17.7 Å². The molecule has 6 heteroatoms. The number of carbonyl (C=O) groups is 3. The first-order valence-corrected chi connectivity index (χ1v) is 15.0. The van der Waals surface area contributed by atoms with Crippen molar-refractivity contribution in [3.8, 4) is 0 Å². The SMILES string of the molecule is CC(=O)O[C@]1(C(C)=O)CCC2C3C=C(C)C4=CC(OC(=O)CCN5CCCCC5)CC[C@]4(C)C3CC[C@@]21C. The number of hydrogen-bond donors (Lipinski definition) is 0. The molecular formula is C32H47NO5. The van der Waals surface area contributed by atoms with Crippen molar-refractivity contribution in [3.63, 3.8) is 0 Å². The van der Waals surface area contributed by atoms with Gasteiger partial charge in [0.25, 0.3) is 0 Å². The van der Waals surface area contributed by atoms with Crippen molar-refractivity contribution in [2.24, 2.45) is 28.6 Å². The molecular weight excluding hydrogens is 478 g/mol. The maximum Gasteiger partial charge on any atom is 0.307 e. The first-order chi connectivity index (χ1) is 18.0. The molecule has 0 N–H and O–H groups in total. The van der Waals surface area contributed by atoms with Crippen LogP contribution in [-0.4, -0.2) is 54.0 Å². The summed E-state index contributed by atoms with van der Waals surface area (Å²) in [5.41, 5.74) is 1.30. The Labute approximate surface area is 228 Å². The second kappa shape index (κ2) is 10.2. The standard InChI is InChI=1S/C32H47NO5/c1-21-19-25-26(10-14-31(5)27(25)11-15-32(31,22(2)34)38-23(3)35)30(4)13-9-24(20-28(21)30)37-29(36)12-18-33-16-7-6-8-17-33/h19-20,24-27H,6-18H2,1-5H3/t24?,25?,26?,27?,30-,31+,32+/m1/s1. The van der Waals surface area contributed by atoms with Crippen LogP contribution in [0.3, 0.4) is 0 Å². The minimum Gasteiger partial charge on any atom is -0.458 e. The van der Waals surface area contributed by atoms with Gasteiger partial charge >= 0.3 is 11.9 Å². The van der Waals surface area contributed by atoms with E-state index in [-0.39, 0.29) is 34.7 Å². The van der Waals surface area contributed by atoms with Gasteiger partial charge in [0.15, 0.2) is 11.4 Å². The van der Waals surface area contributed by atoms with E-state index in [4.69, 9.17) is 9.47 Å². The summed E-state index contributed by atoms with van der Waals surface area (Å²) < 4.78 is 11.9. The highest BCUT2D eigenvalue weighted by Crippen LogP contribution is 2.68. The molecule has 0 aromatic carbocycles. The molecule has 210 valence electrons. The molecule has 5 rings (SSSR count). The summed E-state index contributed by atoms with van der Waals surface area (Å²) in [4.78, 5) is 40.2. The number of rotatable bonds is 6. The number of allylic oxidation sites excluding steroid dienone is 3. The highest BCUT2D eigenvalue weighted by molar-refractivity contribution is 5.89. The maximum atomic E-state index is 13.0. The number of ether oxygens (including phenoxy) is 2. The number of piperidine rings is 1. The predicted octanol–water partition coefficient (Wildman–Crippen LogP) is 5.79. The largest absolute Gasteiger partial charge is 0.458 e. The minimum atomic E-state index is -1.01. The molecule has 1 saturated heterocycles. The third-order valence-electron chi connectivity index (χ3n) is 11.3. The third-order valence-corrected chi connectivity index (χ3v) is 11.3. The summed E-state index contributed by atoms with van der Waals surface area (Å²) in [6.45, 7) is 12.8. The number of Topliss-reactive ketones (excluding diaryl/α,β-unsaturated/α-hetero) is 1. The van der Waals surface area contributed by atoms with Crippen molar-refractivity contribution in [1.29, 1.82) is 0 Å². The maximum absolute atomic E-state index is 13.0. The van der Waals surface area contributed by atoms with Crippen molar-refractivity contribution in [2.75, 3.05) is 19.6 Å². The number of likely N-dealkylation sites (tertiary alicyclic amines) is 1. The summed E-state index contributed by atoms with van der Waals surface area (Å²) in [6, 6.07) is 0. The summed E-state index contributed by atoms with van der Waals surface area (Å²) >= 11 is 0. The van der Waals surface area contributed by atoms with Crippen LogP contribution in [0.2, 0.25) is 0 Å². The van der Waals surface area contributed by atoms with Gasteiger partial charge < -0.3 is 14.4 Å². The average molecular weight is 526 g/mol. The Hall–Kier alpha value is -1.95. The predicted molar refractivity (Wildman–Crippen MR) is 146 cm³/mol. The van der Waals surface area contributed by atoms with Gasteiger partial charge in [-0.1, -0.05) is 31.9 Å².